The molecule has 0 atom stereocenters. The highest BCUT2D eigenvalue weighted by Crippen LogP contribution is 2.27. The number of carbonyl (C=O) groups excluding carboxylic acids is 1. The van der Waals surface area contributed by atoms with E-state index in [0.717, 1.165) is 43.0 Å². The summed E-state index contributed by atoms with van der Waals surface area (Å²) in [5.74, 6) is 0.720. The fourth-order valence-electron chi connectivity index (χ4n) is 3.01. The Morgan fingerprint density at radius 1 is 1.38 bits per heavy atom. The van der Waals surface area contributed by atoms with E-state index in [1.165, 1.54) is 12.1 Å². The van der Waals surface area contributed by atoms with Crippen LogP contribution in [0.15, 0.2) is 12.1 Å². The van der Waals surface area contributed by atoms with E-state index in [1.807, 2.05) is 13.0 Å². The number of imidazole rings is 1. The van der Waals surface area contributed by atoms with Crippen LogP contribution in [-0.4, -0.2) is 15.5 Å². The molecule has 124 valence electrons. The summed E-state index contributed by atoms with van der Waals surface area (Å²) in [7, 11) is 0. The lowest BCUT2D eigenvalue weighted by molar-refractivity contribution is 0.0950. The Bertz CT molecular complexity index is 828. The van der Waals surface area contributed by atoms with Gasteiger partial charge >= 0.3 is 0 Å². The molecular weight excluding hydrogens is 347 g/mol. The van der Waals surface area contributed by atoms with Gasteiger partial charge in [0.15, 0.2) is 0 Å². The first-order valence-electron chi connectivity index (χ1n) is 7.73. The second kappa shape index (κ2) is 6.84. The second-order valence-electron chi connectivity index (χ2n) is 5.78. The van der Waals surface area contributed by atoms with Crippen molar-refractivity contribution in [2.45, 2.75) is 39.3 Å². The van der Waals surface area contributed by atoms with Crippen molar-refractivity contribution in [2.24, 2.45) is 0 Å². The first-order chi connectivity index (χ1) is 11.5. The molecule has 0 spiro atoms. The van der Waals surface area contributed by atoms with Gasteiger partial charge in [0.05, 0.1) is 45.2 Å². The lowest BCUT2D eigenvalue weighted by atomic mass is 10.1. The maximum atomic E-state index is 12.5. The molecule has 1 aliphatic rings. The van der Waals surface area contributed by atoms with E-state index in [4.69, 9.17) is 28.5 Å². The molecule has 2 aromatic rings. The number of nitrogens with zero attached hydrogens (tertiary/aromatic N) is 3. The molecule has 0 bridgehead atoms. The molecule has 1 amide bonds. The number of amides is 1. The van der Waals surface area contributed by atoms with Crippen molar-refractivity contribution in [3.8, 4) is 6.07 Å². The van der Waals surface area contributed by atoms with Crippen LogP contribution in [0.5, 0.6) is 0 Å². The number of carbonyl (C=O) groups is 1. The summed E-state index contributed by atoms with van der Waals surface area (Å²) in [6.45, 7) is 3.25. The molecule has 0 unspecified atom stereocenters. The van der Waals surface area contributed by atoms with Crippen LogP contribution in [0.2, 0.25) is 10.0 Å². The zero-order valence-electron chi connectivity index (χ0n) is 13.2. The van der Waals surface area contributed by atoms with Gasteiger partial charge in [0.25, 0.3) is 5.91 Å². The Kier molecular flexibility index (Phi) is 4.79. The number of aromatic nitrogens is 2. The van der Waals surface area contributed by atoms with Gasteiger partial charge in [-0.3, -0.25) is 4.79 Å². The van der Waals surface area contributed by atoms with Crippen LogP contribution in [0.25, 0.3) is 0 Å². The lowest BCUT2D eigenvalue weighted by Crippen LogP contribution is -2.26. The maximum Gasteiger partial charge on any atom is 0.254 e. The monoisotopic (exact) mass is 362 g/mol. The molecule has 5 nitrogen and oxygen atoms in total. The zero-order valence-corrected chi connectivity index (χ0v) is 14.7. The Morgan fingerprint density at radius 2 is 2.08 bits per heavy atom. The van der Waals surface area contributed by atoms with Gasteiger partial charge in [0, 0.05) is 13.0 Å². The summed E-state index contributed by atoms with van der Waals surface area (Å²) >= 11 is 12.2. The van der Waals surface area contributed by atoms with E-state index in [1.54, 1.807) is 0 Å². The largest absolute Gasteiger partial charge is 0.346 e. The van der Waals surface area contributed by atoms with Crippen molar-refractivity contribution in [1.82, 2.24) is 14.9 Å². The van der Waals surface area contributed by atoms with E-state index in [0.29, 0.717) is 12.1 Å². The van der Waals surface area contributed by atoms with Gasteiger partial charge < -0.3 is 9.88 Å². The van der Waals surface area contributed by atoms with Crippen molar-refractivity contribution in [3.63, 3.8) is 0 Å². The summed E-state index contributed by atoms with van der Waals surface area (Å²) < 4.78 is 2.18. The van der Waals surface area contributed by atoms with Crippen molar-refractivity contribution in [2.75, 3.05) is 0 Å². The van der Waals surface area contributed by atoms with Crippen LogP contribution in [0.4, 0.5) is 0 Å². The third-order valence-electron chi connectivity index (χ3n) is 4.20. The minimum atomic E-state index is -0.361. The number of rotatable bonds is 3. The molecule has 0 aliphatic carbocycles. The normalized spacial score (nSPS) is 13.2. The minimum Gasteiger partial charge on any atom is -0.346 e. The number of halogens is 2. The van der Waals surface area contributed by atoms with Crippen molar-refractivity contribution in [3.05, 3.63) is 50.5 Å². The van der Waals surface area contributed by atoms with Gasteiger partial charge in [-0.2, -0.15) is 5.26 Å². The predicted octanol–water partition coefficient (Wildman–Crippen LogP) is 3.64. The Hall–Kier alpha value is -2.03. The van der Waals surface area contributed by atoms with Crippen molar-refractivity contribution in [1.29, 1.82) is 5.26 Å². The van der Waals surface area contributed by atoms with Gasteiger partial charge in [-0.1, -0.05) is 23.2 Å². The molecule has 0 saturated carbocycles. The predicted molar refractivity (Wildman–Crippen MR) is 92.2 cm³/mol. The summed E-state index contributed by atoms with van der Waals surface area (Å²) in [5, 5.41) is 12.1. The zero-order chi connectivity index (χ0) is 17.3. The van der Waals surface area contributed by atoms with E-state index >= 15 is 0 Å². The first kappa shape index (κ1) is 16.8. The molecule has 24 heavy (non-hydrogen) atoms. The minimum absolute atomic E-state index is 0.170. The highest BCUT2D eigenvalue weighted by atomic mass is 35.5. The number of hydrogen-bond donors (Lipinski definition) is 1. The fourth-order valence-corrected chi connectivity index (χ4v) is 3.67. The summed E-state index contributed by atoms with van der Waals surface area (Å²) in [6.07, 6.45) is 3.25. The van der Waals surface area contributed by atoms with E-state index in [-0.39, 0.29) is 21.5 Å². The molecule has 1 aromatic carbocycles. The van der Waals surface area contributed by atoms with Crippen LogP contribution < -0.4 is 5.32 Å². The average molecular weight is 363 g/mol. The Morgan fingerprint density at radius 3 is 2.75 bits per heavy atom. The molecular formula is C17H16Cl2N4O. The third kappa shape index (κ3) is 3.12. The summed E-state index contributed by atoms with van der Waals surface area (Å²) in [4.78, 5) is 17.1. The fraction of sp³-hybridized carbons (Fsp3) is 0.353. The Balaban J connectivity index is 1.80. The number of benzene rings is 1. The SMILES string of the molecule is Cc1nc2n(c1CNC(=O)c1c(Cl)cc(C#N)cc1Cl)CCCC2. The van der Waals surface area contributed by atoms with E-state index < -0.39 is 0 Å². The highest BCUT2D eigenvalue weighted by Gasteiger charge is 2.20. The number of nitriles is 1. The van der Waals surface area contributed by atoms with Gasteiger partial charge in [-0.05, 0) is 31.9 Å². The molecule has 0 fully saturated rings. The summed E-state index contributed by atoms with van der Waals surface area (Å²) in [5.41, 5.74) is 2.46. The average Bonchev–Trinajstić information content (AvgIpc) is 2.87. The quantitative estimate of drug-likeness (QED) is 0.905. The molecule has 2 heterocycles. The number of aryl methyl sites for hydroxylation is 2. The summed E-state index contributed by atoms with van der Waals surface area (Å²) in [6, 6.07) is 4.84. The van der Waals surface area contributed by atoms with Gasteiger partial charge in [-0.15, -0.1) is 0 Å². The Labute approximate surface area is 150 Å². The molecule has 1 N–H and O–H groups in total. The van der Waals surface area contributed by atoms with Crippen LogP contribution >= 0.6 is 23.2 Å². The van der Waals surface area contributed by atoms with Gasteiger partial charge in [0.2, 0.25) is 0 Å². The smallest absolute Gasteiger partial charge is 0.254 e. The first-order valence-corrected chi connectivity index (χ1v) is 8.49. The molecule has 3 rings (SSSR count). The van der Waals surface area contributed by atoms with Gasteiger partial charge in [0.1, 0.15) is 5.82 Å². The highest BCUT2D eigenvalue weighted by molar-refractivity contribution is 6.39. The van der Waals surface area contributed by atoms with Crippen molar-refractivity contribution >= 4 is 29.1 Å². The standard InChI is InChI=1S/C17H16Cl2N4O/c1-10-14(23-5-3-2-4-15(23)22-10)9-21-17(24)16-12(18)6-11(8-20)7-13(16)19/h6-7H,2-5,9H2,1H3,(H,21,24). The van der Waals surface area contributed by atoms with Crippen LogP contribution in [0.1, 0.15) is 46.0 Å². The molecule has 0 radical (unpaired) electrons. The van der Waals surface area contributed by atoms with Crippen LogP contribution in [0, 0.1) is 18.3 Å². The molecule has 7 heteroatoms. The number of hydrogen-bond acceptors (Lipinski definition) is 3. The van der Waals surface area contributed by atoms with Gasteiger partial charge in [-0.25, -0.2) is 4.98 Å². The van der Waals surface area contributed by atoms with Crippen LogP contribution in [0.3, 0.4) is 0 Å². The second-order valence-corrected chi connectivity index (χ2v) is 6.59. The third-order valence-corrected chi connectivity index (χ3v) is 4.79. The van der Waals surface area contributed by atoms with Crippen LogP contribution in [-0.2, 0) is 19.5 Å². The molecule has 1 aromatic heterocycles. The number of nitrogens with one attached hydrogen (secondary N) is 1. The maximum absolute atomic E-state index is 12.5. The topological polar surface area (TPSA) is 70.7 Å². The van der Waals surface area contributed by atoms with Crippen molar-refractivity contribution < 1.29 is 4.79 Å². The van der Waals surface area contributed by atoms with E-state index in [9.17, 15) is 4.79 Å². The molecule has 1 aliphatic heterocycles. The lowest BCUT2D eigenvalue weighted by Gasteiger charge is -2.17. The number of fused-ring (bicyclic) bond motifs is 1. The molecule has 0 saturated heterocycles. The van der Waals surface area contributed by atoms with E-state index in [2.05, 4.69) is 14.9 Å².